The van der Waals surface area contributed by atoms with Crippen LogP contribution >= 0.6 is 0 Å². The lowest BCUT2D eigenvalue weighted by molar-refractivity contribution is -0.137. The number of alkyl halides is 3. The minimum atomic E-state index is -4.36. The molecule has 0 aliphatic rings. The van der Waals surface area contributed by atoms with Gasteiger partial charge in [0.2, 0.25) is 5.91 Å². The van der Waals surface area contributed by atoms with Crippen LogP contribution in [0.15, 0.2) is 36.7 Å². The number of hydrogen-bond donors (Lipinski definition) is 2. The molecule has 0 radical (unpaired) electrons. The first-order chi connectivity index (χ1) is 10.8. The highest BCUT2D eigenvalue weighted by Gasteiger charge is 2.30. The number of likely N-dealkylation sites (N-methyl/N-ethyl adjacent to an activating group) is 1. The summed E-state index contributed by atoms with van der Waals surface area (Å²) in [5, 5.41) is 9.59. The molecule has 0 saturated carbocycles. The third-order valence-corrected chi connectivity index (χ3v) is 3.36. The number of aromatic nitrogens is 2. The number of carbonyl (C=O) groups excluding carboxylic acids is 1. The van der Waals surface area contributed by atoms with Gasteiger partial charge in [0.1, 0.15) is 6.04 Å². The van der Waals surface area contributed by atoms with E-state index in [-0.39, 0.29) is 12.5 Å². The van der Waals surface area contributed by atoms with Crippen LogP contribution in [0.5, 0.6) is 0 Å². The second-order valence-corrected chi connectivity index (χ2v) is 5.08. The molecule has 0 saturated heterocycles. The molecule has 0 bridgehead atoms. The summed E-state index contributed by atoms with van der Waals surface area (Å²) >= 11 is 0. The van der Waals surface area contributed by atoms with Gasteiger partial charge in [-0.1, -0.05) is 12.1 Å². The van der Waals surface area contributed by atoms with Crippen molar-refractivity contribution < 1.29 is 18.0 Å². The lowest BCUT2D eigenvalue weighted by Crippen LogP contribution is -2.35. The number of aryl methyl sites for hydroxylation is 1. The molecule has 2 rings (SSSR count). The van der Waals surface area contributed by atoms with E-state index in [2.05, 4.69) is 15.7 Å². The van der Waals surface area contributed by atoms with Gasteiger partial charge in [-0.15, -0.1) is 0 Å². The normalized spacial score (nSPS) is 12.9. The second-order valence-electron chi connectivity index (χ2n) is 5.08. The molecule has 23 heavy (non-hydrogen) atoms. The van der Waals surface area contributed by atoms with Gasteiger partial charge in [0, 0.05) is 25.4 Å². The monoisotopic (exact) mass is 326 g/mol. The summed E-state index contributed by atoms with van der Waals surface area (Å²) in [6.45, 7) is 0.148. The Morgan fingerprint density at radius 2 is 1.96 bits per heavy atom. The van der Waals surface area contributed by atoms with Crippen molar-refractivity contribution in [2.75, 3.05) is 7.05 Å². The molecule has 0 spiro atoms. The van der Waals surface area contributed by atoms with Crippen molar-refractivity contribution in [1.29, 1.82) is 0 Å². The van der Waals surface area contributed by atoms with Crippen molar-refractivity contribution in [2.24, 2.45) is 7.05 Å². The summed E-state index contributed by atoms with van der Waals surface area (Å²) in [4.78, 5) is 12.2. The van der Waals surface area contributed by atoms with Crippen molar-refractivity contribution in [2.45, 2.75) is 18.8 Å². The maximum Gasteiger partial charge on any atom is 0.416 e. The lowest BCUT2D eigenvalue weighted by Gasteiger charge is -2.15. The Morgan fingerprint density at radius 1 is 1.30 bits per heavy atom. The molecule has 2 aromatic rings. The van der Waals surface area contributed by atoms with E-state index in [0.717, 1.165) is 12.1 Å². The van der Waals surface area contributed by atoms with Gasteiger partial charge in [-0.25, -0.2) is 0 Å². The van der Waals surface area contributed by atoms with Crippen molar-refractivity contribution in [3.8, 4) is 0 Å². The van der Waals surface area contributed by atoms with Crippen LogP contribution in [-0.2, 0) is 24.6 Å². The van der Waals surface area contributed by atoms with E-state index in [1.807, 2.05) is 0 Å². The SMILES string of the molecule is CNC(C(=O)NCc1ccc(C(F)(F)F)cc1)c1cnn(C)c1. The van der Waals surface area contributed by atoms with Crippen LogP contribution < -0.4 is 10.6 Å². The molecule has 2 N–H and O–H groups in total. The fourth-order valence-corrected chi connectivity index (χ4v) is 2.14. The molecule has 5 nitrogen and oxygen atoms in total. The van der Waals surface area contributed by atoms with Crippen LogP contribution in [0.25, 0.3) is 0 Å². The molecule has 1 amide bonds. The van der Waals surface area contributed by atoms with E-state index in [1.54, 1.807) is 31.2 Å². The molecule has 1 aromatic carbocycles. The van der Waals surface area contributed by atoms with Crippen molar-refractivity contribution >= 4 is 5.91 Å². The molecule has 0 fully saturated rings. The first-order valence-corrected chi connectivity index (χ1v) is 6.91. The van der Waals surface area contributed by atoms with Crippen LogP contribution in [0, 0.1) is 0 Å². The van der Waals surface area contributed by atoms with E-state index >= 15 is 0 Å². The van der Waals surface area contributed by atoms with E-state index in [1.165, 1.54) is 12.1 Å². The average Bonchev–Trinajstić information content (AvgIpc) is 2.91. The van der Waals surface area contributed by atoms with Crippen LogP contribution in [0.2, 0.25) is 0 Å². The Balaban J connectivity index is 1.98. The quantitative estimate of drug-likeness (QED) is 0.884. The minimum absolute atomic E-state index is 0.148. The number of amides is 1. The summed E-state index contributed by atoms with van der Waals surface area (Å²) in [7, 11) is 3.39. The predicted octanol–water partition coefficient (Wildman–Crippen LogP) is 2.02. The van der Waals surface area contributed by atoms with E-state index in [4.69, 9.17) is 0 Å². The predicted molar refractivity (Wildman–Crippen MR) is 78.3 cm³/mol. The molecule has 0 aliphatic heterocycles. The number of rotatable bonds is 5. The third kappa shape index (κ3) is 4.32. The van der Waals surface area contributed by atoms with Gasteiger partial charge >= 0.3 is 6.18 Å². The topological polar surface area (TPSA) is 59.0 Å². The van der Waals surface area contributed by atoms with Gasteiger partial charge in [0.05, 0.1) is 11.8 Å². The molecule has 124 valence electrons. The summed E-state index contributed by atoms with van der Waals surface area (Å²) in [5.41, 5.74) is 0.586. The molecular weight excluding hydrogens is 309 g/mol. The third-order valence-electron chi connectivity index (χ3n) is 3.36. The van der Waals surface area contributed by atoms with Crippen LogP contribution in [-0.4, -0.2) is 22.7 Å². The van der Waals surface area contributed by atoms with Crippen LogP contribution in [0.3, 0.4) is 0 Å². The summed E-state index contributed by atoms with van der Waals surface area (Å²) in [5.74, 6) is -0.277. The van der Waals surface area contributed by atoms with Gasteiger partial charge in [-0.05, 0) is 24.7 Å². The van der Waals surface area contributed by atoms with Gasteiger partial charge in [-0.2, -0.15) is 18.3 Å². The molecule has 1 atom stereocenters. The molecule has 1 heterocycles. The lowest BCUT2D eigenvalue weighted by atomic mass is 10.1. The molecular formula is C15H17F3N4O. The van der Waals surface area contributed by atoms with Crippen molar-refractivity contribution in [1.82, 2.24) is 20.4 Å². The number of hydrogen-bond acceptors (Lipinski definition) is 3. The Kier molecular flexibility index (Phi) is 5.05. The maximum atomic E-state index is 12.5. The van der Waals surface area contributed by atoms with Crippen LogP contribution in [0.1, 0.15) is 22.7 Å². The highest BCUT2D eigenvalue weighted by molar-refractivity contribution is 5.83. The Labute approximate surface area is 131 Å². The van der Waals surface area contributed by atoms with Crippen molar-refractivity contribution in [3.63, 3.8) is 0 Å². The first kappa shape index (κ1) is 17.0. The van der Waals surface area contributed by atoms with Crippen molar-refractivity contribution in [3.05, 3.63) is 53.3 Å². The zero-order valence-electron chi connectivity index (χ0n) is 12.7. The highest BCUT2D eigenvalue weighted by atomic mass is 19.4. The Morgan fingerprint density at radius 3 is 2.43 bits per heavy atom. The average molecular weight is 326 g/mol. The van der Waals surface area contributed by atoms with Gasteiger partial charge in [0.15, 0.2) is 0 Å². The zero-order chi connectivity index (χ0) is 17.0. The number of nitrogens with zero attached hydrogens (tertiary/aromatic N) is 2. The zero-order valence-corrected chi connectivity index (χ0v) is 12.7. The molecule has 1 aromatic heterocycles. The number of benzene rings is 1. The first-order valence-electron chi connectivity index (χ1n) is 6.91. The second kappa shape index (κ2) is 6.82. The molecule has 1 unspecified atom stereocenters. The minimum Gasteiger partial charge on any atom is -0.350 e. The van der Waals surface area contributed by atoms with Gasteiger partial charge < -0.3 is 10.6 Å². The van der Waals surface area contributed by atoms with E-state index < -0.39 is 17.8 Å². The number of nitrogens with one attached hydrogen (secondary N) is 2. The summed E-state index contributed by atoms with van der Waals surface area (Å²) in [6, 6.07) is 4.12. The van der Waals surface area contributed by atoms with Gasteiger partial charge in [-0.3, -0.25) is 9.48 Å². The fraction of sp³-hybridized carbons (Fsp3) is 0.333. The maximum absolute atomic E-state index is 12.5. The molecule has 8 heteroatoms. The summed E-state index contributed by atoms with van der Waals surface area (Å²) in [6.07, 6.45) is -1.06. The van der Waals surface area contributed by atoms with E-state index in [0.29, 0.717) is 11.1 Å². The Bertz CT molecular complexity index is 664. The number of carbonyl (C=O) groups is 1. The Hall–Kier alpha value is -2.35. The smallest absolute Gasteiger partial charge is 0.350 e. The largest absolute Gasteiger partial charge is 0.416 e. The highest BCUT2D eigenvalue weighted by Crippen LogP contribution is 2.29. The summed E-state index contributed by atoms with van der Waals surface area (Å²) < 4.78 is 39.1. The van der Waals surface area contributed by atoms with Gasteiger partial charge in [0.25, 0.3) is 0 Å². The fourth-order valence-electron chi connectivity index (χ4n) is 2.14. The van der Waals surface area contributed by atoms with E-state index in [9.17, 15) is 18.0 Å². The number of halogens is 3. The van der Waals surface area contributed by atoms with Crippen LogP contribution in [0.4, 0.5) is 13.2 Å². The molecule has 0 aliphatic carbocycles. The standard InChI is InChI=1S/C15H17F3N4O/c1-19-13(11-8-21-22(2)9-11)14(23)20-7-10-3-5-12(6-4-10)15(16,17)18/h3-6,8-9,13,19H,7H2,1-2H3,(H,20,23).